The number of benzene rings is 3. The van der Waals surface area contributed by atoms with Gasteiger partial charge in [0, 0.05) is 17.3 Å². The van der Waals surface area contributed by atoms with Gasteiger partial charge in [-0.25, -0.2) is 4.39 Å². The van der Waals surface area contributed by atoms with Crippen LogP contribution in [0.1, 0.15) is 17.2 Å². The van der Waals surface area contributed by atoms with Gasteiger partial charge in [-0.2, -0.15) is 0 Å². The highest BCUT2D eigenvalue weighted by Gasteiger charge is 2.34. The monoisotopic (exact) mass is 435 g/mol. The Bertz CT molecular complexity index is 1150. The predicted octanol–water partition coefficient (Wildman–Crippen LogP) is 4.09. The minimum Gasteiger partial charge on any atom is -0.399 e. The van der Waals surface area contributed by atoms with Crippen LogP contribution in [0.25, 0.3) is 0 Å². The molecule has 31 heavy (non-hydrogen) atoms. The minimum absolute atomic E-state index is 0.183. The molecular formula is C24H19ClFN3O2. The van der Waals surface area contributed by atoms with Gasteiger partial charge < -0.3 is 11.1 Å². The second-order valence-electron chi connectivity index (χ2n) is 6.69. The third-order valence-electron chi connectivity index (χ3n) is 4.55. The van der Waals surface area contributed by atoms with Crippen molar-refractivity contribution in [1.29, 1.82) is 0 Å². The lowest BCUT2D eigenvalue weighted by Gasteiger charge is -2.30. The van der Waals surface area contributed by atoms with E-state index in [0.717, 1.165) is 16.5 Å². The van der Waals surface area contributed by atoms with Crippen LogP contribution in [0, 0.1) is 18.2 Å². The van der Waals surface area contributed by atoms with E-state index >= 15 is 0 Å². The fourth-order valence-corrected chi connectivity index (χ4v) is 3.30. The number of hydrogen-bond acceptors (Lipinski definition) is 3. The van der Waals surface area contributed by atoms with Gasteiger partial charge in [0.1, 0.15) is 11.9 Å². The summed E-state index contributed by atoms with van der Waals surface area (Å²) in [6, 6.07) is 18.1. The molecule has 7 heteroatoms. The number of carbonyl (C=O) groups excluding carboxylic acids is 2. The van der Waals surface area contributed by atoms with Crippen LogP contribution in [-0.4, -0.2) is 11.8 Å². The van der Waals surface area contributed by atoms with Gasteiger partial charge in [-0.1, -0.05) is 54.1 Å². The number of rotatable bonds is 6. The molecule has 0 saturated heterocycles. The first kappa shape index (κ1) is 21.9. The fourth-order valence-electron chi connectivity index (χ4n) is 3.13. The van der Waals surface area contributed by atoms with Crippen LogP contribution < -0.4 is 16.0 Å². The summed E-state index contributed by atoms with van der Waals surface area (Å²) in [4.78, 5) is 26.9. The highest BCUT2D eigenvalue weighted by atomic mass is 35.5. The summed E-state index contributed by atoms with van der Waals surface area (Å²) in [6.45, 7) is 0.203. The Hall–Kier alpha value is -3.82. The Labute approximate surface area is 184 Å². The number of amides is 2. The predicted molar refractivity (Wildman–Crippen MR) is 120 cm³/mol. The smallest absolute Gasteiger partial charge is 0.303 e. The lowest BCUT2D eigenvalue weighted by Crippen LogP contribution is -2.43. The van der Waals surface area contributed by atoms with Crippen LogP contribution in [0.15, 0.2) is 72.8 Å². The number of nitrogens with one attached hydrogen (secondary N) is 1. The van der Waals surface area contributed by atoms with Gasteiger partial charge in [-0.3, -0.25) is 14.5 Å². The zero-order chi connectivity index (χ0) is 22.4. The number of hydrogen-bond donors (Lipinski definition) is 2. The maximum atomic E-state index is 14.7. The minimum atomic E-state index is -1.27. The van der Waals surface area contributed by atoms with Gasteiger partial charge >= 0.3 is 5.91 Å². The van der Waals surface area contributed by atoms with E-state index in [1.54, 1.807) is 18.2 Å². The largest absolute Gasteiger partial charge is 0.399 e. The highest BCUT2D eigenvalue weighted by Crippen LogP contribution is 2.32. The van der Waals surface area contributed by atoms with E-state index in [1.165, 1.54) is 18.2 Å². The molecule has 0 radical (unpaired) electrons. The molecule has 3 aromatic carbocycles. The van der Waals surface area contributed by atoms with Gasteiger partial charge in [0.2, 0.25) is 5.91 Å². The lowest BCUT2D eigenvalue weighted by molar-refractivity contribution is -0.125. The lowest BCUT2D eigenvalue weighted by atomic mass is 10.0. The third-order valence-corrected chi connectivity index (χ3v) is 4.79. The fraction of sp³-hybridized carbons (Fsp3) is 0.0833. The number of carbonyl (C=O) groups is 2. The summed E-state index contributed by atoms with van der Waals surface area (Å²) in [5.41, 5.74) is 7.28. The van der Waals surface area contributed by atoms with Crippen LogP contribution >= 0.6 is 11.6 Å². The number of nitrogen functional groups attached to an aromatic ring is 1. The Morgan fingerprint density at radius 2 is 1.84 bits per heavy atom. The number of anilines is 2. The second-order valence-corrected chi connectivity index (χ2v) is 7.13. The van der Waals surface area contributed by atoms with Crippen LogP contribution in [0.3, 0.4) is 0 Å². The maximum absolute atomic E-state index is 14.7. The van der Waals surface area contributed by atoms with Crippen molar-refractivity contribution in [3.05, 3.63) is 94.8 Å². The van der Waals surface area contributed by atoms with Gasteiger partial charge in [0.05, 0.1) is 5.69 Å². The Balaban J connectivity index is 2.08. The van der Waals surface area contributed by atoms with E-state index in [2.05, 4.69) is 5.32 Å². The third kappa shape index (κ3) is 5.21. The van der Waals surface area contributed by atoms with Gasteiger partial charge in [0.25, 0.3) is 0 Å². The van der Waals surface area contributed by atoms with E-state index in [4.69, 9.17) is 23.8 Å². The Morgan fingerprint density at radius 3 is 2.52 bits per heavy atom. The van der Waals surface area contributed by atoms with Crippen molar-refractivity contribution in [2.45, 2.75) is 12.6 Å². The SMILES string of the molecule is C#CC(=O)N(c1cc(Cl)ccc1F)C(C(=O)NCc1ccccc1)c1cccc(N)c1. The van der Waals surface area contributed by atoms with Crippen molar-refractivity contribution in [3.8, 4) is 12.3 Å². The second kappa shape index (κ2) is 9.79. The molecule has 0 aliphatic rings. The maximum Gasteiger partial charge on any atom is 0.303 e. The molecule has 0 fully saturated rings. The number of nitrogens with two attached hydrogens (primary N) is 1. The molecule has 0 bridgehead atoms. The topological polar surface area (TPSA) is 75.4 Å². The van der Waals surface area contributed by atoms with Crippen LogP contribution in [-0.2, 0) is 16.1 Å². The summed E-state index contributed by atoms with van der Waals surface area (Å²) in [5, 5.41) is 2.97. The van der Waals surface area contributed by atoms with E-state index in [0.29, 0.717) is 11.3 Å². The molecule has 2 amide bonds. The molecule has 0 spiro atoms. The molecule has 3 N–H and O–H groups in total. The summed E-state index contributed by atoms with van der Waals surface area (Å²) < 4.78 is 14.7. The molecule has 0 aromatic heterocycles. The van der Waals surface area contributed by atoms with E-state index in [9.17, 15) is 14.0 Å². The molecule has 3 rings (SSSR count). The van der Waals surface area contributed by atoms with Crippen LogP contribution in [0.4, 0.5) is 15.8 Å². The first-order chi connectivity index (χ1) is 14.9. The normalized spacial score (nSPS) is 11.3. The molecule has 1 atom stereocenters. The summed E-state index contributed by atoms with van der Waals surface area (Å²) in [7, 11) is 0. The molecule has 0 saturated carbocycles. The zero-order valence-corrected chi connectivity index (χ0v) is 17.1. The molecule has 0 aliphatic carbocycles. The van der Waals surface area contributed by atoms with Crippen molar-refractivity contribution in [3.63, 3.8) is 0 Å². The average molecular weight is 436 g/mol. The Morgan fingerprint density at radius 1 is 1.10 bits per heavy atom. The van der Waals surface area contributed by atoms with E-state index in [1.807, 2.05) is 36.3 Å². The van der Waals surface area contributed by atoms with Gasteiger partial charge in [0.15, 0.2) is 0 Å². The highest BCUT2D eigenvalue weighted by molar-refractivity contribution is 6.31. The van der Waals surface area contributed by atoms with Crippen molar-refractivity contribution in [1.82, 2.24) is 5.32 Å². The van der Waals surface area contributed by atoms with E-state index < -0.39 is 23.7 Å². The molecule has 0 heterocycles. The number of nitrogens with zero attached hydrogens (tertiary/aromatic N) is 1. The molecule has 0 aliphatic heterocycles. The number of halogens is 2. The molecule has 5 nitrogen and oxygen atoms in total. The Kier molecular flexibility index (Phi) is 6.91. The molecule has 3 aromatic rings. The standard InChI is InChI=1S/C24H19ClFN3O2/c1-2-22(30)29(21-14-18(25)11-12-20(21)26)23(17-9-6-10-19(27)13-17)24(31)28-15-16-7-4-3-5-8-16/h1,3-14,23H,15,27H2,(H,28,31). The molecule has 1 unspecified atom stereocenters. The number of terminal acetylenes is 1. The van der Waals surface area contributed by atoms with Gasteiger partial charge in [-0.05, 0) is 47.4 Å². The van der Waals surface area contributed by atoms with Crippen LogP contribution in [0.5, 0.6) is 0 Å². The molecule has 156 valence electrons. The zero-order valence-electron chi connectivity index (χ0n) is 16.4. The van der Waals surface area contributed by atoms with Crippen molar-refractivity contribution >= 4 is 34.8 Å². The first-order valence-electron chi connectivity index (χ1n) is 9.32. The van der Waals surface area contributed by atoms with Gasteiger partial charge in [-0.15, -0.1) is 6.42 Å². The summed E-state index contributed by atoms with van der Waals surface area (Å²) >= 11 is 6.03. The van der Waals surface area contributed by atoms with Crippen LogP contribution in [0.2, 0.25) is 5.02 Å². The van der Waals surface area contributed by atoms with Crippen molar-refractivity contribution in [2.75, 3.05) is 10.6 Å². The summed E-state index contributed by atoms with van der Waals surface area (Å²) in [6.07, 6.45) is 5.36. The van der Waals surface area contributed by atoms with Crippen molar-refractivity contribution < 1.29 is 14.0 Å². The average Bonchev–Trinajstić information content (AvgIpc) is 2.77. The molecular weight excluding hydrogens is 417 g/mol. The van der Waals surface area contributed by atoms with E-state index in [-0.39, 0.29) is 17.3 Å². The van der Waals surface area contributed by atoms with Crippen molar-refractivity contribution in [2.24, 2.45) is 0 Å². The summed E-state index contributed by atoms with van der Waals surface area (Å²) in [5.74, 6) is -0.240. The first-order valence-corrected chi connectivity index (χ1v) is 9.70. The quantitative estimate of drug-likeness (QED) is 0.452.